The second-order valence-electron chi connectivity index (χ2n) is 4.53. The van der Waals surface area contributed by atoms with Gasteiger partial charge in [-0.15, -0.1) is 0 Å². The van der Waals surface area contributed by atoms with Gasteiger partial charge in [-0.3, -0.25) is 0 Å². The molecule has 100 valence electrons. The van der Waals surface area contributed by atoms with E-state index in [0.717, 1.165) is 25.2 Å². The molecule has 2 heterocycles. The van der Waals surface area contributed by atoms with Crippen LogP contribution in [0.4, 0.5) is 4.79 Å². The highest BCUT2D eigenvalue weighted by Crippen LogP contribution is 2.18. The zero-order valence-corrected chi connectivity index (χ0v) is 10.7. The molecule has 0 bridgehead atoms. The zero-order chi connectivity index (χ0) is 12.8. The number of rotatable bonds is 5. The Morgan fingerprint density at radius 3 is 3.33 bits per heavy atom. The van der Waals surface area contributed by atoms with Crippen molar-refractivity contribution < 1.29 is 9.53 Å². The Labute approximate surface area is 107 Å². The van der Waals surface area contributed by atoms with E-state index < -0.39 is 0 Å². The lowest BCUT2D eigenvalue weighted by molar-refractivity contribution is 0.195. The van der Waals surface area contributed by atoms with Gasteiger partial charge in [0.25, 0.3) is 0 Å². The van der Waals surface area contributed by atoms with E-state index in [1.807, 2.05) is 12.4 Å². The summed E-state index contributed by atoms with van der Waals surface area (Å²) in [6.07, 6.45) is 5.87. The average molecular weight is 252 g/mol. The smallest absolute Gasteiger partial charge is 0.314 e. The van der Waals surface area contributed by atoms with E-state index in [9.17, 15) is 4.79 Å². The van der Waals surface area contributed by atoms with Crippen LogP contribution in [0, 0.1) is 5.92 Å². The molecule has 0 saturated heterocycles. The topological polar surface area (TPSA) is 68.2 Å². The van der Waals surface area contributed by atoms with Gasteiger partial charge in [0.05, 0.1) is 6.61 Å². The highest BCUT2D eigenvalue weighted by atomic mass is 16.5. The molecular weight excluding hydrogens is 232 g/mol. The van der Waals surface area contributed by atoms with Gasteiger partial charge >= 0.3 is 6.03 Å². The number of nitrogens with one attached hydrogen (secondary N) is 2. The van der Waals surface area contributed by atoms with E-state index in [4.69, 9.17) is 4.74 Å². The molecule has 18 heavy (non-hydrogen) atoms. The van der Waals surface area contributed by atoms with Crippen molar-refractivity contribution >= 4 is 6.03 Å². The first-order chi connectivity index (χ1) is 8.79. The van der Waals surface area contributed by atoms with Crippen molar-refractivity contribution in [3.05, 3.63) is 18.2 Å². The molecular formula is C12H20N4O2. The molecule has 2 N–H and O–H groups in total. The van der Waals surface area contributed by atoms with Crippen LogP contribution in [0.25, 0.3) is 0 Å². The molecule has 2 rings (SSSR count). The molecule has 1 aliphatic rings. The Morgan fingerprint density at radius 1 is 1.61 bits per heavy atom. The number of fused-ring (bicyclic) bond motifs is 1. The third-order valence-electron chi connectivity index (χ3n) is 3.19. The van der Waals surface area contributed by atoms with Gasteiger partial charge in [0.15, 0.2) is 0 Å². The number of amides is 2. The summed E-state index contributed by atoms with van der Waals surface area (Å²) in [6, 6.07) is -0.124. The van der Waals surface area contributed by atoms with Crippen LogP contribution in [-0.4, -0.2) is 42.4 Å². The molecule has 6 heteroatoms. The minimum absolute atomic E-state index is 0.124. The number of methoxy groups -OCH3 is 1. The normalized spacial score (nSPS) is 18.2. The fourth-order valence-corrected chi connectivity index (χ4v) is 2.16. The summed E-state index contributed by atoms with van der Waals surface area (Å²) in [5.74, 6) is 1.60. The lowest BCUT2D eigenvalue weighted by Gasteiger charge is -2.23. The first-order valence-corrected chi connectivity index (χ1v) is 6.30. The predicted molar refractivity (Wildman–Crippen MR) is 67.3 cm³/mol. The standard InChI is InChI=1S/C12H20N4O2/c1-18-7-4-14-12(17)15-9-10-2-5-16-6-3-13-11(16)8-10/h3,6,10H,2,4-5,7-9H2,1H3,(H2,14,15,17)/t10-/m0/s1. The SMILES string of the molecule is COCCNC(=O)NC[C@H]1CCn2ccnc2C1. The number of nitrogens with zero attached hydrogens (tertiary/aromatic N) is 2. The Bertz CT molecular complexity index is 391. The largest absolute Gasteiger partial charge is 0.383 e. The Hall–Kier alpha value is -1.56. The lowest BCUT2D eigenvalue weighted by Crippen LogP contribution is -2.40. The Balaban J connectivity index is 1.67. The molecule has 1 aromatic heterocycles. The highest BCUT2D eigenvalue weighted by Gasteiger charge is 2.19. The van der Waals surface area contributed by atoms with Crippen molar-refractivity contribution in [1.29, 1.82) is 0 Å². The molecule has 1 aromatic rings. The molecule has 0 unspecified atom stereocenters. The maximum absolute atomic E-state index is 11.5. The van der Waals surface area contributed by atoms with Crippen molar-refractivity contribution in [3.8, 4) is 0 Å². The maximum Gasteiger partial charge on any atom is 0.314 e. The number of ether oxygens (including phenoxy) is 1. The van der Waals surface area contributed by atoms with Crippen LogP contribution in [-0.2, 0) is 17.7 Å². The number of hydrogen-bond donors (Lipinski definition) is 2. The van der Waals surface area contributed by atoms with Crippen LogP contribution in [0.15, 0.2) is 12.4 Å². The van der Waals surface area contributed by atoms with E-state index in [1.165, 1.54) is 0 Å². The molecule has 1 atom stereocenters. The van der Waals surface area contributed by atoms with Gasteiger partial charge in [-0.25, -0.2) is 9.78 Å². The van der Waals surface area contributed by atoms with Gasteiger partial charge in [-0.1, -0.05) is 0 Å². The second-order valence-corrected chi connectivity index (χ2v) is 4.53. The molecule has 0 aliphatic carbocycles. The van der Waals surface area contributed by atoms with Gasteiger partial charge < -0.3 is 19.9 Å². The number of urea groups is 1. The summed E-state index contributed by atoms with van der Waals surface area (Å²) in [5.41, 5.74) is 0. The highest BCUT2D eigenvalue weighted by molar-refractivity contribution is 5.73. The van der Waals surface area contributed by atoms with E-state index in [0.29, 0.717) is 25.6 Å². The minimum Gasteiger partial charge on any atom is -0.383 e. The third kappa shape index (κ3) is 3.46. The van der Waals surface area contributed by atoms with Crippen LogP contribution in [0.2, 0.25) is 0 Å². The first-order valence-electron chi connectivity index (χ1n) is 6.30. The van der Waals surface area contributed by atoms with Crippen LogP contribution < -0.4 is 10.6 Å². The van der Waals surface area contributed by atoms with Crippen LogP contribution in [0.5, 0.6) is 0 Å². The molecule has 0 fully saturated rings. The van der Waals surface area contributed by atoms with E-state index in [2.05, 4.69) is 20.2 Å². The average Bonchev–Trinajstić information content (AvgIpc) is 2.84. The molecule has 0 spiro atoms. The van der Waals surface area contributed by atoms with Gasteiger partial charge in [0.2, 0.25) is 0 Å². The van der Waals surface area contributed by atoms with E-state index >= 15 is 0 Å². The maximum atomic E-state index is 11.5. The molecule has 1 aliphatic heterocycles. The van der Waals surface area contributed by atoms with Crippen LogP contribution >= 0.6 is 0 Å². The van der Waals surface area contributed by atoms with Crippen molar-refractivity contribution in [2.45, 2.75) is 19.4 Å². The van der Waals surface area contributed by atoms with Crippen molar-refractivity contribution in [3.63, 3.8) is 0 Å². The summed E-state index contributed by atoms with van der Waals surface area (Å²) in [4.78, 5) is 15.8. The van der Waals surface area contributed by atoms with Crippen molar-refractivity contribution in [2.24, 2.45) is 5.92 Å². The van der Waals surface area contributed by atoms with Gasteiger partial charge in [0, 0.05) is 45.6 Å². The second kappa shape index (κ2) is 6.39. The van der Waals surface area contributed by atoms with Crippen molar-refractivity contribution in [1.82, 2.24) is 20.2 Å². The van der Waals surface area contributed by atoms with Crippen LogP contribution in [0.3, 0.4) is 0 Å². The van der Waals surface area contributed by atoms with Crippen LogP contribution in [0.1, 0.15) is 12.2 Å². The number of aryl methyl sites for hydroxylation is 1. The van der Waals surface area contributed by atoms with E-state index in [1.54, 1.807) is 7.11 Å². The zero-order valence-electron chi connectivity index (χ0n) is 10.7. The van der Waals surface area contributed by atoms with Gasteiger partial charge in [0.1, 0.15) is 5.82 Å². The molecule has 6 nitrogen and oxygen atoms in total. The number of carbonyl (C=O) groups is 1. The molecule has 2 amide bonds. The van der Waals surface area contributed by atoms with E-state index in [-0.39, 0.29) is 6.03 Å². The summed E-state index contributed by atoms with van der Waals surface area (Å²) < 4.78 is 7.04. The molecule has 0 saturated carbocycles. The molecule has 0 aromatic carbocycles. The summed E-state index contributed by atoms with van der Waals surface area (Å²) in [5, 5.41) is 5.63. The predicted octanol–water partition coefficient (Wildman–Crippen LogP) is 0.391. The summed E-state index contributed by atoms with van der Waals surface area (Å²) in [7, 11) is 1.61. The summed E-state index contributed by atoms with van der Waals surface area (Å²) >= 11 is 0. The number of carbonyl (C=O) groups excluding carboxylic acids is 1. The Morgan fingerprint density at radius 2 is 2.50 bits per heavy atom. The Kier molecular flexibility index (Phi) is 4.58. The quantitative estimate of drug-likeness (QED) is 0.745. The number of aromatic nitrogens is 2. The fourth-order valence-electron chi connectivity index (χ4n) is 2.16. The minimum atomic E-state index is -0.124. The lowest BCUT2D eigenvalue weighted by atomic mass is 9.98. The summed E-state index contributed by atoms with van der Waals surface area (Å²) in [6.45, 7) is 2.77. The third-order valence-corrected chi connectivity index (χ3v) is 3.19. The first kappa shape index (κ1) is 12.9. The monoisotopic (exact) mass is 252 g/mol. The van der Waals surface area contributed by atoms with Gasteiger partial charge in [-0.2, -0.15) is 0 Å². The van der Waals surface area contributed by atoms with Crippen molar-refractivity contribution in [2.75, 3.05) is 26.8 Å². The fraction of sp³-hybridized carbons (Fsp3) is 0.667. The molecule has 0 radical (unpaired) electrons. The number of imidazole rings is 1. The van der Waals surface area contributed by atoms with Gasteiger partial charge in [-0.05, 0) is 12.3 Å². The number of hydrogen-bond acceptors (Lipinski definition) is 3.